The van der Waals surface area contributed by atoms with E-state index in [2.05, 4.69) is 5.32 Å². The van der Waals surface area contributed by atoms with Crippen LogP contribution in [-0.4, -0.2) is 24.7 Å². The number of aliphatic hydroxyl groups excluding tert-OH is 1. The van der Waals surface area contributed by atoms with E-state index in [0.717, 1.165) is 0 Å². The average Bonchev–Trinajstić information content (AvgIpc) is 2.18. The zero-order valence-electron chi connectivity index (χ0n) is 8.86. The van der Waals surface area contributed by atoms with Gasteiger partial charge in [-0.1, -0.05) is 18.2 Å². The molecule has 1 rings (SSSR count). The lowest BCUT2D eigenvalue weighted by Crippen LogP contribution is -2.18. The number of anilines is 1. The summed E-state index contributed by atoms with van der Waals surface area (Å²) in [6.07, 6.45) is -0.607. The van der Waals surface area contributed by atoms with Gasteiger partial charge in [0.25, 0.3) is 0 Å². The van der Waals surface area contributed by atoms with Crippen LogP contribution in [0.3, 0.4) is 0 Å². The molecule has 1 aromatic rings. The number of methoxy groups -OCH3 is 1. The normalized spacial score (nSPS) is 12.2. The highest BCUT2D eigenvalue weighted by Gasteiger charge is 2.09. The van der Waals surface area contributed by atoms with Gasteiger partial charge >= 0.3 is 0 Å². The SMILES string of the molecule is COCC(=O)Nc1ccccc1C(C)O. The van der Waals surface area contributed by atoms with Crippen molar-refractivity contribution in [1.82, 2.24) is 0 Å². The molecule has 4 nitrogen and oxygen atoms in total. The van der Waals surface area contributed by atoms with Crippen LogP contribution >= 0.6 is 0 Å². The lowest BCUT2D eigenvalue weighted by Gasteiger charge is -2.12. The molecular formula is C11H15NO3. The zero-order chi connectivity index (χ0) is 11.3. The molecule has 0 spiro atoms. The van der Waals surface area contributed by atoms with Crippen LogP contribution in [0.1, 0.15) is 18.6 Å². The third-order valence-corrected chi connectivity index (χ3v) is 1.96. The number of hydrogen-bond acceptors (Lipinski definition) is 3. The summed E-state index contributed by atoms with van der Waals surface area (Å²) in [5.41, 5.74) is 1.32. The molecule has 2 N–H and O–H groups in total. The maximum atomic E-state index is 11.3. The molecule has 82 valence electrons. The Morgan fingerprint density at radius 1 is 1.53 bits per heavy atom. The first-order valence-corrected chi connectivity index (χ1v) is 4.71. The Balaban J connectivity index is 2.80. The van der Waals surface area contributed by atoms with E-state index in [0.29, 0.717) is 11.3 Å². The highest BCUT2D eigenvalue weighted by molar-refractivity contribution is 5.92. The van der Waals surface area contributed by atoms with Crippen LogP contribution in [0.2, 0.25) is 0 Å². The number of nitrogens with one attached hydrogen (secondary N) is 1. The molecule has 1 amide bonds. The van der Waals surface area contributed by atoms with Gasteiger partial charge in [-0.2, -0.15) is 0 Å². The first-order chi connectivity index (χ1) is 7.15. The number of carbonyl (C=O) groups excluding carboxylic acids is 1. The monoisotopic (exact) mass is 209 g/mol. The molecule has 0 saturated carbocycles. The van der Waals surface area contributed by atoms with Crippen molar-refractivity contribution in [1.29, 1.82) is 0 Å². The Morgan fingerprint density at radius 3 is 2.80 bits per heavy atom. The molecule has 0 bridgehead atoms. The second kappa shape index (κ2) is 5.48. The van der Waals surface area contributed by atoms with E-state index in [4.69, 9.17) is 4.74 Å². The number of rotatable bonds is 4. The van der Waals surface area contributed by atoms with Gasteiger partial charge in [0.1, 0.15) is 6.61 Å². The molecule has 0 fully saturated rings. The molecule has 4 heteroatoms. The van der Waals surface area contributed by atoms with Crippen molar-refractivity contribution in [3.05, 3.63) is 29.8 Å². The second-order valence-corrected chi connectivity index (χ2v) is 3.24. The Bertz CT molecular complexity index is 336. The molecule has 1 atom stereocenters. The smallest absolute Gasteiger partial charge is 0.250 e. The van der Waals surface area contributed by atoms with Crippen LogP contribution in [0.4, 0.5) is 5.69 Å². The minimum absolute atomic E-state index is 0.00808. The van der Waals surface area contributed by atoms with E-state index < -0.39 is 6.10 Å². The fraction of sp³-hybridized carbons (Fsp3) is 0.364. The summed E-state index contributed by atoms with van der Waals surface area (Å²) in [6.45, 7) is 1.66. The van der Waals surface area contributed by atoms with Crippen molar-refractivity contribution >= 4 is 11.6 Å². The largest absolute Gasteiger partial charge is 0.389 e. The van der Waals surface area contributed by atoms with Crippen molar-refractivity contribution in [2.24, 2.45) is 0 Å². The topological polar surface area (TPSA) is 58.6 Å². The van der Waals surface area contributed by atoms with Gasteiger partial charge in [-0.3, -0.25) is 4.79 Å². The number of benzene rings is 1. The van der Waals surface area contributed by atoms with E-state index in [-0.39, 0.29) is 12.5 Å². The van der Waals surface area contributed by atoms with Crippen molar-refractivity contribution < 1.29 is 14.6 Å². The third kappa shape index (κ3) is 3.34. The summed E-state index contributed by atoms with van der Waals surface area (Å²) in [6, 6.07) is 7.13. The van der Waals surface area contributed by atoms with Crippen molar-refractivity contribution in [2.75, 3.05) is 19.0 Å². The molecular weight excluding hydrogens is 194 g/mol. The minimum Gasteiger partial charge on any atom is -0.389 e. The molecule has 0 aliphatic rings. The lowest BCUT2D eigenvalue weighted by molar-refractivity contribution is -0.119. The van der Waals surface area contributed by atoms with Crippen LogP contribution < -0.4 is 5.32 Å². The standard InChI is InChI=1S/C11H15NO3/c1-8(13)9-5-3-4-6-10(9)12-11(14)7-15-2/h3-6,8,13H,7H2,1-2H3,(H,12,14). The second-order valence-electron chi connectivity index (χ2n) is 3.24. The summed E-state index contributed by atoms with van der Waals surface area (Å²) in [5.74, 6) is -0.231. The van der Waals surface area contributed by atoms with Crippen molar-refractivity contribution in [3.8, 4) is 0 Å². The van der Waals surface area contributed by atoms with Gasteiger partial charge in [-0.05, 0) is 13.0 Å². The summed E-state index contributed by atoms with van der Waals surface area (Å²) >= 11 is 0. The van der Waals surface area contributed by atoms with E-state index in [1.54, 1.807) is 25.1 Å². The number of hydrogen-bond donors (Lipinski definition) is 2. The maximum absolute atomic E-state index is 11.3. The van der Waals surface area contributed by atoms with Gasteiger partial charge in [0.2, 0.25) is 5.91 Å². The van der Waals surface area contributed by atoms with Gasteiger partial charge in [0.05, 0.1) is 6.10 Å². The molecule has 0 saturated heterocycles. The predicted octanol–water partition coefficient (Wildman–Crippen LogP) is 1.32. The first kappa shape index (κ1) is 11.7. The fourth-order valence-electron chi connectivity index (χ4n) is 1.29. The maximum Gasteiger partial charge on any atom is 0.250 e. The number of ether oxygens (including phenoxy) is 1. The zero-order valence-corrected chi connectivity index (χ0v) is 8.86. The summed E-state index contributed by atoms with van der Waals surface area (Å²) in [4.78, 5) is 11.3. The van der Waals surface area contributed by atoms with Gasteiger partial charge in [-0.15, -0.1) is 0 Å². The predicted molar refractivity (Wildman–Crippen MR) is 57.6 cm³/mol. The molecule has 0 aromatic heterocycles. The summed E-state index contributed by atoms with van der Waals surface area (Å²) < 4.78 is 4.70. The molecule has 0 radical (unpaired) electrons. The number of aliphatic hydroxyl groups is 1. The number of amides is 1. The van der Waals surface area contributed by atoms with Crippen LogP contribution in [0.5, 0.6) is 0 Å². The van der Waals surface area contributed by atoms with Gasteiger partial charge in [-0.25, -0.2) is 0 Å². The molecule has 1 aromatic carbocycles. The lowest BCUT2D eigenvalue weighted by atomic mass is 10.1. The quantitative estimate of drug-likeness (QED) is 0.786. The number of carbonyl (C=O) groups is 1. The third-order valence-electron chi connectivity index (χ3n) is 1.96. The van der Waals surface area contributed by atoms with E-state index in [9.17, 15) is 9.90 Å². The van der Waals surface area contributed by atoms with E-state index >= 15 is 0 Å². The van der Waals surface area contributed by atoms with Crippen molar-refractivity contribution in [3.63, 3.8) is 0 Å². The Hall–Kier alpha value is -1.39. The fourth-order valence-corrected chi connectivity index (χ4v) is 1.29. The van der Waals surface area contributed by atoms with Crippen LogP contribution in [0.15, 0.2) is 24.3 Å². The molecule has 0 aliphatic carbocycles. The Labute approximate surface area is 88.9 Å². The van der Waals surface area contributed by atoms with Gasteiger partial charge < -0.3 is 15.2 Å². The van der Waals surface area contributed by atoms with E-state index in [1.807, 2.05) is 6.07 Å². The highest BCUT2D eigenvalue weighted by Crippen LogP contribution is 2.21. The van der Waals surface area contributed by atoms with Gasteiger partial charge in [0, 0.05) is 18.4 Å². The summed E-state index contributed by atoms with van der Waals surface area (Å²) in [7, 11) is 1.46. The van der Waals surface area contributed by atoms with Crippen LogP contribution in [0, 0.1) is 0 Å². The van der Waals surface area contributed by atoms with Gasteiger partial charge in [0.15, 0.2) is 0 Å². The van der Waals surface area contributed by atoms with Crippen LogP contribution in [0.25, 0.3) is 0 Å². The van der Waals surface area contributed by atoms with Crippen molar-refractivity contribution in [2.45, 2.75) is 13.0 Å². The molecule has 0 aliphatic heterocycles. The Kier molecular flexibility index (Phi) is 4.27. The first-order valence-electron chi connectivity index (χ1n) is 4.71. The van der Waals surface area contributed by atoms with Crippen LogP contribution in [-0.2, 0) is 9.53 Å². The van der Waals surface area contributed by atoms with E-state index in [1.165, 1.54) is 7.11 Å². The number of para-hydroxylation sites is 1. The Morgan fingerprint density at radius 2 is 2.20 bits per heavy atom. The average molecular weight is 209 g/mol. The summed E-state index contributed by atoms with van der Waals surface area (Å²) in [5, 5.41) is 12.1. The minimum atomic E-state index is -0.607. The molecule has 0 heterocycles. The molecule has 15 heavy (non-hydrogen) atoms. The highest BCUT2D eigenvalue weighted by atomic mass is 16.5. The molecule has 1 unspecified atom stereocenters.